The fourth-order valence-corrected chi connectivity index (χ4v) is 6.45. The molecule has 180 valence electrons. The maximum atomic E-state index is 13.3. The van der Waals surface area contributed by atoms with Crippen LogP contribution in [0.15, 0.2) is 11.1 Å². The number of aromatic nitrogens is 2. The van der Waals surface area contributed by atoms with Crippen molar-refractivity contribution in [2.45, 2.75) is 65.5 Å². The summed E-state index contributed by atoms with van der Waals surface area (Å²) in [6, 6.07) is -0.908. The Morgan fingerprint density at radius 2 is 1.88 bits per heavy atom. The van der Waals surface area contributed by atoms with Gasteiger partial charge in [0, 0.05) is 4.88 Å². The molecular formula is C23H26N4O5S2. The second-order valence-electron chi connectivity index (χ2n) is 8.59. The Morgan fingerprint density at radius 1 is 1.18 bits per heavy atom. The molecule has 0 aromatic carbocycles. The molecule has 0 spiro atoms. The van der Waals surface area contributed by atoms with Crippen molar-refractivity contribution < 1.29 is 19.1 Å². The van der Waals surface area contributed by atoms with Crippen molar-refractivity contribution in [2.75, 3.05) is 5.32 Å². The highest BCUT2D eigenvalue weighted by atomic mass is 32.1. The fourth-order valence-electron chi connectivity index (χ4n) is 4.13. The molecule has 0 saturated heterocycles. The molecule has 1 atom stereocenters. The number of hydrogen-bond acceptors (Lipinski definition) is 8. The second kappa shape index (κ2) is 9.30. The van der Waals surface area contributed by atoms with E-state index in [0.717, 1.165) is 47.5 Å². The van der Waals surface area contributed by atoms with Crippen LogP contribution in [0.5, 0.6) is 0 Å². The molecular weight excluding hydrogens is 476 g/mol. The van der Waals surface area contributed by atoms with Gasteiger partial charge < -0.3 is 15.8 Å². The molecule has 34 heavy (non-hydrogen) atoms. The summed E-state index contributed by atoms with van der Waals surface area (Å²) in [5.74, 6) is -1.54. The van der Waals surface area contributed by atoms with Gasteiger partial charge in [0.1, 0.15) is 20.8 Å². The van der Waals surface area contributed by atoms with Gasteiger partial charge in [-0.15, -0.1) is 22.7 Å². The molecule has 2 amide bonds. The predicted octanol–water partition coefficient (Wildman–Crippen LogP) is 3.57. The highest BCUT2D eigenvalue weighted by Gasteiger charge is 2.28. The molecule has 3 heterocycles. The number of aryl methyl sites for hydroxylation is 2. The van der Waals surface area contributed by atoms with Crippen LogP contribution < -0.4 is 16.6 Å². The van der Waals surface area contributed by atoms with E-state index in [9.17, 15) is 19.2 Å². The number of carbonyl (C=O) groups excluding carboxylic acids is 3. The lowest BCUT2D eigenvalue weighted by Gasteiger charge is -2.15. The first-order chi connectivity index (χ1) is 16.1. The Labute approximate surface area is 203 Å². The summed E-state index contributed by atoms with van der Waals surface area (Å²) < 4.78 is 6.50. The number of nitrogens with one attached hydrogen (secondary N) is 1. The largest absolute Gasteiger partial charge is 0.459 e. The summed E-state index contributed by atoms with van der Waals surface area (Å²) in [5.41, 5.74) is 6.96. The summed E-state index contributed by atoms with van der Waals surface area (Å²) in [6.45, 7) is 6.75. The molecule has 1 aliphatic carbocycles. The van der Waals surface area contributed by atoms with E-state index in [1.165, 1.54) is 22.2 Å². The number of hydrogen-bond donors (Lipinski definition) is 2. The molecule has 1 unspecified atom stereocenters. The maximum Gasteiger partial charge on any atom is 0.348 e. The zero-order valence-corrected chi connectivity index (χ0v) is 21.0. The molecule has 0 radical (unpaired) electrons. The van der Waals surface area contributed by atoms with E-state index in [-0.39, 0.29) is 11.5 Å². The Morgan fingerprint density at radius 3 is 2.56 bits per heavy atom. The lowest BCUT2D eigenvalue weighted by Crippen LogP contribution is -2.32. The first kappa shape index (κ1) is 24.1. The highest BCUT2D eigenvalue weighted by molar-refractivity contribution is 7.20. The monoisotopic (exact) mass is 502 g/mol. The number of esters is 1. The maximum absolute atomic E-state index is 13.3. The van der Waals surface area contributed by atoms with E-state index in [4.69, 9.17) is 10.5 Å². The minimum absolute atomic E-state index is 0.285. The molecule has 1 aliphatic rings. The molecule has 9 nitrogen and oxygen atoms in total. The SMILES string of the molecule is Cc1c(C(=O)OC(C)C)sc2ncn(C(C)C(=O)Nc3sc4c(c3C(N)=O)CCCC4)c(=O)c12. The van der Waals surface area contributed by atoms with E-state index in [1.807, 2.05) is 0 Å². The van der Waals surface area contributed by atoms with E-state index < -0.39 is 29.4 Å². The molecule has 4 rings (SSSR count). The lowest BCUT2D eigenvalue weighted by atomic mass is 9.95. The first-order valence-electron chi connectivity index (χ1n) is 11.1. The van der Waals surface area contributed by atoms with Crippen molar-refractivity contribution in [2.24, 2.45) is 5.73 Å². The number of carbonyl (C=O) groups is 3. The minimum Gasteiger partial charge on any atom is -0.459 e. The topological polar surface area (TPSA) is 133 Å². The number of rotatable bonds is 6. The van der Waals surface area contributed by atoms with Crippen LogP contribution in [-0.2, 0) is 22.4 Å². The fraction of sp³-hybridized carbons (Fsp3) is 0.435. The van der Waals surface area contributed by atoms with E-state index >= 15 is 0 Å². The van der Waals surface area contributed by atoms with Gasteiger partial charge in [0.25, 0.3) is 11.5 Å². The van der Waals surface area contributed by atoms with Crippen molar-refractivity contribution in [3.63, 3.8) is 0 Å². The summed E-state index contributed by atoms with van der Waals surface area (Å²) in [4.78, 5) is 57.0. The predicted molar refractivity (Wildman–Crippen MR) is 132 cm³/mol. The van der Waals surface area contributed by atoms with Gasteiger partial charge in [-0.1, -0.05) is 0 Å². The van der Waals surface area contributed by atoms with Crippen LogP contribution in [0.3, 0.4) is 0 Å². The van der Waals surface area contributed by atoms with Gasteiger partial charge in [0.15, 0.2) is 0 Å². The molecule has 0 bridgehead atoms. The normalized spacial score (nSPS) is 14.1. The highest BCUT2D eigenvalue weighted by Crippen LogP contribution is 2.38. The number of anilines is 1. The van der Waals surface area contributed by atoms with Gasteiger partial charge in [-0.3, -0.25) is 19.0 Å². The average molecular weight is 503 g/mol. The molecule has 0 aliphatic heterocycles. The van der Waals surface area contributed by atoms with Crippen LogP contribution in [0.4, 0.5) is 5.00 Å². The third kappa shape index (κ3) is 4.25. The van der Waals surface area contributed by atoms with Crippen LogP contribution in [-0.4, -0.2) is 33.4 Å². The standard InChI is InChI=1S/C23H26N4O5S2/c1-10(2)32-23(31)17-11(3)15-20(34-17)25-9-27(22(15)30)12(4)19(29)26-21-16(18(24)28)13-7-5-6-8-14(13)33-21/h9-10,12H,5-8H2,1-4H3,(H2,24,28)(H,26,29). The lowest BCUT2D eigenvalue weighted by molar-refractivity contribution is -0.118. The third-order valence-electron chi connectivity index (χ3n) is 5.86. The molecule has 3 aromatic rings. The Hall–Kier alpha value is -3.05. The van der Waals surface area contributed by atoms with Crippen LogP contribution in [0.1, 0.15) is 75.7 Å². The number of fused-ring (bicyclic) bond motifs is 2. The smallest absolute Gasteiger partial charge is 0.348 e. The van der Waals surface area contributed by atoms with Gasteiger partial charge in [-0.25, -0.2) is 9.78 Å². The molecule has 11 heteroatoms. The van der Waals surface area contributed by atoms with Gasteiger partial charge in [0.2, 0.25) is 5.91 Å². The average Bonchev–Trinajstić information content (AvgIpc) is 3.30. The molecule has 0 saturated carbocycles. The first-order valence-corrected chi connectivity index (χ1v) is 12.7. The number of ether oxygens (including phenoxy) is 1. The Kier molecular flexibility index (Phi) is 6.59. The van der Waals surface area contributed by atoms with Gasteiger partial charge in [0.05, 0.1) is 23.4 Å². The Bertz CT molecular complexity index is 1370. The van der Waals surface area contributed by atoms with Crippen LogP contribution in [0.25, 0.3) is 10.2 Å². The van der Waals surface area contributed by atoms with Crippen molar-refractivity contribution in [3.8, 4) is 0 Å². The van der Waals surface area contributed by atoms with E-state index in [1.54, 1.807) is 27.7 Å². The van der Waals surface area contributed by atoms with Crippen LogP contribution in [0, 0.1) is 6.92 Å². The zero-order valence-electron chi connectivity index (χ0n) is 19.4. The molecule has 0 fully saturated rings. The van der Waals surface area contributed by atoms with Gasteiger partial charge in [-0.05, 0) is 64.5 Å². The van der Waals surface area contributed by atoms with E-state index in [2.05, 4.69) is 10.3 Å². The number of nitrogens with two attached hydrogens (primary N) is 1. The summed E-state index contributed by atoms with van der Waals surface area (Å²) >= 11 is 2.46. The number of thiophene rings is 2. The zero-order chi connectivity index (χ0) is 24.7. The number of nitrogens with zero attached hydrogens (tertiary/aromatic N) is 2. The number of amides is 2. The van der Waals surface area contributed by atoms with E-state index in [0.29, 0.717) is 25.8 Å². The van der Waals surface area contributed by atoms with Gasteiger partial charge in [-0.2, -0.15) is 0 Å². The minimum atomic E-state index is -0.908. The van der Waals surface area contributed by atoms with Crippen molar-refractivity contribution in [1.82, 2.24) is 9.55 Å². The second-order valence-corrected chi connectivity index (χ2v) is 10.7. The third-order valence-corrected chi connectivity index (χ3v) is 8.24. The van der Waals surface area contributed by atoms with Gasteiger partial charge >= 0.3 is 5.97 Å². The molecule has 3 N–H and O–H groups in total. The van der Waals surface area contributed by atoms with Crippen LogP contribution in [0.2, 0.25) is 0 Å². The summed E-state index contributed by atoms with van der Waals surface area (Å²) in [6.07, 6.45) is 4.62. The summed E-state index contributed by atoms with van der Waals surface area (Å²) in [7, 11) is 0. The van der Waals surface area contributed by atoms with Crippen molar-refractivity contribution in [3.05, 3.63) is 43.1 Å². The van der Waals surface area contributed by atoms with Crippen molar-refractivity contribution in [1.29, 1.82) is 0 Å². The Balaban J connectivity index is 1.66. The van der Waals surface area contributed by atoms with Crippen molar-refractivity contribution >= 4 is 55.7 Å². The summed E-state index contributed by atoms with van der Waals surface area (Å²) in [5, 5.41) is 3.51. The van der Waals surface area contributed by atoms with Crippen LogP contribution >= 0.6 is 22.7 Å². The molecule has 3 aromatic heterocycles. The number of primary amides is 1. The quantitative estimate of drug-likeness (QED) is 0.495.